The van der Waals surface area contributed by atoms with Crippen molar-refractivity contribution in [3.63, 3.8) is 0 Å². The second-order valence-electron chi connectivity index (χ2n) is 6.48. The van der Waals surface area contributed by atoms with Gasteiger partial charge in [-0.05, 0) is 34.7 Å². The highest BCUT2D eigenvalue weighted by Crippen LogP contribution is 2.40. The van der Waals surface area contributed by atoms with Crippen LogP contribution in [0.25, 0.3) is 0 Å². The van der Waals surface area contributed by atoms with Gasteiger partial charge in [0.15, 0.2) is 5.76 Å². The number of aliphatic hydroxyl groups is 1. The first-order valence-corrected chi connectivity index (χ1v) is 9.59. The molecule has 5 nitrogen and oxygen atoms in total. The number of ketones is 1. The van der Waals surface area contributed by atoms with E-state index in [1.807, 2.05) is 30.3 Å². The van der Waals surface area contributed by atoms with Crippen LogP contribution in [0.3, 0.4) is 0 Å². The molecule has 0 spiro atoms. The topological polar surface area (TPSA) is 77.8 Å². The van der Waals surface area contributed by atoms with E-state index in [9.17, 15) is 19.8 Å². The summed E-state index contributed by atoms with van der Waals surface area (Å²) >= 11 is 1.26. The number of carbonyl (C=O) groups excluding carboxylic acids is 2. The van der Waals surface area contributed by atoms with Gasteiger partial charge in [-0.3, -0.25) is 9.59 Å². The van der Waals surface area contributed by atoms with Gasteiger partial charge in [0, 0.05) is 6.54 Å². The van der Waals surface area contributed by atoms with Gasteiger partial charge in [-0.15, -0.1) is 11.3 Å². The fourth-order valence-electron chi connectivity index (χ4n) is 3.37. The normalized spacial score (nSPS) is 16.6. The molecule has 0 saturated carbocycles. The summed E-state index contributed by atoms with van der Waals surface area (Å²) in [6.45, 7) is 0.247. The largest absolute Gasteiger partial charge is 0.508 e. The molecule has 1 amide bonds. The van der Waals surface area contributed by atoms with Gasteiger partial charge >= 0.3 is 0 Å². The van der Waals surface area contributed by atoms with Crippen molar-refractivity contribution >= 4 is 23.0 Å². The van der Waals surface area contributed by atoms with Crippen LogP contribution in [0, 0.1) is 0 Å². The number of carbonyl (C=O) groups is 2. The zero-order valence-corrected chi connectivity index (χ0v) is 15.6. The van der Waals surface area contributed by atoms with E-state index >= 15 is 0 Å². The third-order valence-electron chi connectivity index (χ3n) is 4.70. The minimum Gasteiger partial charge on any atom is -0.508 e. The molecule has 2 aromatic carbocycles. The molecule has 2 N–H and O–H groups in total. The van der Waals surface area contributed by atoms with Crippen LogP contribution in [0.15, 0.2) is 83.4 Å². The zero-order chi connectivity index (χ0) is 19.7. The van der Waals surface area contributed by atoms with E-state index in [0.29, 0.717) is 10.4 Å². The van der Waals surface area contributed by atoms with E-state index in [1.165, 1.54) is 28.4 Å². The summed E-state index contributed by atoms with van der Waals surface area (Å²) in [6.07, 6.45) is 0. The Kier molecular flexibility index (Phi) is 4.71. The Morgan fingerprint density at radius 2 is 1.68 bits per heavy atom. The highest BCUT2D eigenvalue weighted by Gasteiger charge is 2.43. The maximum Gasteiger partial charge on any atom is 0.290 e. The number of rotatable bonds is 5. The summed E-state index contributed by atoms with van der Waals surface area (Å²) in [6, 6.07) is 18.4. The number of thiophene rings is 1. The maximum atomic E-state index is 13.1. The highest BCUT2D eigenvalue weighted by molar-refractivity contribution is 7.12. The van der Waals surface area contributed by atoms with E-state index in [2.05, 4.69) is 0 Å². The zero-order valence-electron chi connectivity index (χ0n) is 14.8. The summed E-state index contributed by atoms with van der Waals surface area (Å²) in [5.41, 5.74) is 1.59. The number of Topliss-reactive ketones (excluding diaryl/α,β-unsaturated/α-hetero) is 1. The molecule has 1 aliphatic rings. The van der Waals surface area contributed by atoms with Gasteiger partial charge in [0.05, 0.1) is 16.5 Å². The molecule has 0 radical (unpaired) electrons. The van der Waals surface area contributed by atoms with Crippen molar-refractivity contribution in [3.05, 3.63) is 99.4 Å². The predicted molar refractivity (Wildman–Crippen MR) is 106 cm³/mol. The number of benzene rings is 2. The molecule has 6 heteroatoms. The monoisotopic (exact) mass is 391 g/mol. The number of hydrogen-bond acceptors (Lipinski definition) is 5. The number of nitrogens with zero attached hydrogens (tertiary/aromatic N) is 1. The summed E-state index contributed by atoms with van der Waals surface area (Å²) < 4.78 is 0. The molecule has 2 heterocycles. The highest BCUT2D eigenvalue weighted by atomic mass is 32.1. The molecule has 4 rings (SSSR count). The van der Waals surface area contributed by atoms with E-state index < -0.39 is 17.7 Å². The molecule has 1 aliphatic heterocycles. The van der Waals surface area contributed by atoms with Crippen LogP contribution in [0.2, 0.25) is 0 Å². The predicted octanol–water partition coefficient (Wildman–Crippen LogP) is 4.23. The van der Waals surface area contributed by atoms with Gasteiger partial charge in [-0.2, -0.15) is 0 Å². The van der Waals surface area contributed by atoms with E-state index in [4.69, 9.17) is 0 Å². The Balaban J connectivity index is 1.79. The van der Waals surface area contributed by atoms with Crippen LogP contribution in [0.1, 0.15) is 26.8 Å². The van der Waals surface area contributed by atoms with E-state index in [1.54, 1.807) is 29.6 Å². The van der Waals surface area contributed by atoms with Crippen LogP contribution in [-0.4, -0.2) is 26.8 Å². The van der Waals surface area contributed by atoms with Crippen molar-refractivity contribution in [2.24, 2.45) is 0 Å². The number of phenolic OH excluding ortho intramolecular Hbond substituents is 1. The van der Waals surface area contributed by atoms with Crippen LogP contribution < -0.4 is 0 Å². The number of phenols is 1. The average Bonchev–Trinajstić information content (AvgIpc) is 3.33. The summed E-state index contributed by atoms with van der Waals surface area (Å²) in [5, 5.41) is 22.0. The maximum absolute atomic E-state index is 13.1. The van der Waals surface area contributed by atoms with Crippen molar-refractivity contribution < 1.29 is 19.8 Å². The first-order chi connectivity index (χ1) is 13.6. The van der Waals surface area contributed by atoms with Crippen LogP contribution in [-0.2, 0) is 11.3 Å². The standard InChI is InChI=1S/C22H17NO4S/c24-16-10-8-15(9-11-16)19-18(20(25)17-7-4-12-28-17)21(26)22(27)23(19)13-14-5-2-1-3-6-14/h1-12,19,24,26H,13H2. The Morgan fingerprint density at radius 3 is 2.32 bits per heavy atom. The molecule has 0 aliphatic carbocycles. The lowest BCUT2D eigenvalue weighted by molar-refractivity contribution is -0.130. The lowest BCUT2D eigenvalue weighted by atomic mass is 9.95. The van der Waals surface area contributed by atoms with Gasteiger partial charge in [0.1, 0.15) is 5.75 Å². The smallest absolute Gasteiger partial charge is 0.290 e. The summed E-state index contributed by atoms with van der Waals surface area (Å²) in [7, 11) is 0. The number of hydrogen-bond donors (Lipinski definition) is 2. The Hall–Kier alpha value is -3.38. The molecule has 140 valence electrons. The van der Waals surface area contributed by atoms with E-state index in [-0.39, 0.29) is 23.7 Å². The molecule has 1 aromatic heterocycles. The molecule has 0 fully saturated rings. The lowest BCUT2D eigenvalue weighted by Gasteiger charge is -2.27. The van der Waals surface area contributed by atoms with Crippen LogP contribution in [0.4, 0.5) is 0 Å². The minimum absolute atomic E-state index is 0.0640. The second kappa shape index (κ2) is 7.32. The lowest BCUT2D eigenvalue weighted by Crippen LogP contribution is -2.30. The average molecular weight is 391 g/mol. The fourth-order valence-corrected chi connectivity index (χ4v) is 4.05. The quantitative estimate of drug-likeness (QED) is 0.638. The molecule has 3 aromatic rings. The molecular formula is C22H17NO4S. The van der Waals surface area contributed by atoms with Crippen molar-refractivity contribution in [2.45, 2.75) is 12.6 Å². The van der Waals surface area contributed by atoms with Crippen LogP contribution in [0.5, 0.6) is 5.75 Å². The van der Waals surface area contributed by atoms with Gasteiger partial charge in [0.25, 0.3) is 5.91 Å². The van der Waals surface area contributed by atoms with Gasteiger partial charge < -0.3 is 15.1 Å². The first kappa shape index (κ1) is 18.0. The molecule has 1 atom stereocenters. The Morgan fingerprint density at radius 1 is 0.964 bits per heavy atom. The van der Waals surface area contributed by atoms with Crippen LogP contribution >= 0.6 is 11.3 Å². The van der Waals surface area contributed by atoms with E-state index in [0.717, 1.165) is 5.56 Å². The number of amides is 1. The van der Waals surface area contributed by atoms with Crippen molar-refractivity contribution in [3.8, 4) is 5.75 Å². The third kappa shape index (κ3) is 3.18. The first-order valence-electron chi connectivity index (χ1n) is 8.71. The Bertz CT molecular complexity index is 1040. The number of aliphatic hydroxyl groups excluding tert-OH is 1. The van der Waals surface area contributed by atoms with Crippen molar-refractivity contribution in [2.75, 3.05) is 0 Å². The van der Waals surface area contributed by atoms with Gasteiger partial charge in [0.2, 0.25) is 5.78 Å². The summed E-state index contributed by atoms with van der Waals surface area (Å²) in [5.74, 6) is -1.38. The minimum atomic E-state index is -0.733. The molecule has 28 heavy (non-hydrogen) atoms. The molecule has 0 saturated heterocycles. The van der Waals surface area contributed by atoms with Gasteiger partial charge in [-0.1, -0.05) is 48.5 Å². The van der Waals surface area contributed by atoms with Crippen molar-refractivity contribution in [1.29, 1.82) is 0 Å². The third-order valence-corrected chi connectivity index (χ3v) is 5.57. The number of aromatic hydroxyl groups is 1. The SMILES string of the molecule is O=C(C1=C(O)C(=O)N(Cc2ccccc2)C1c1ccc(O)cc1)c1cccs1. The molecule has 0 bridgehead atoms. The molecule has 1 unspecified atom stereocenters. The van der Waals surface area contributed by atoms with Gasteiger partial charge in [-0.25, -0.2) is 0 Å². The molecular weight excluding hydrogens is 374 g/mol. The Labute approximate surface area is 165 Å². The summed E-state index contributed by atoms with van der Waals surface area (Å²) in [4.78, 5) is 27.9. The second-order valence-corrected chi connectivity index (χ2v) is 7.43. The van der Waals surface area contributed by atoms with Crippen molar-refractivity contribution in [1.82, 2.24) is 4.90 Å². The fraction of sp³-hybridized carbons (Fsp3) is 0.0909.